The van der Waals surface area contributed by atoms with Crippen LogP contribution in [0.3, 0.4) is 0 Å². The van der Waals surface area contributed by atoms with Gasteiger partial charge in [-0.15, -0.1) is 0 Å². The fourth-order valence-corrected chi connectivity index (χ4v) is 2.69. The molecule has 0 aliphatic heterocycles. The normalized spacial score (nSPS) is 13.4. The molecule has 0 fully saturated rings. The number of hydrogen-bond acceptors (Lipinski definition) is 3. The number of benzene rings is 1. The molecular formula is C15H15FN2O. The number of nitrogens with zero attached hydrogens (tertiary/aromatic N) is 1. The number of ether oxygens (including phenoxy) is 1. The maximum Gasteiger partial charge on any atom is 0.213 e. The average Bonchev–Trinajstić information content (AvgIpc) is 2.93. The summed E-state index contributed by atoms with van der Waals surface area (Å²) in [6.45, 7) is 0. The number of nitrogen functional groups attached to an aromatic ring is 1. The van der Waals surface area contributed by atoms with Gasteiger partial charge in [0.1, 0.15) is 5.82 Å². The smallest absolute Gasteiger partial charge is 0.213 e. The summed E-state index contributed by atoms with van der Waals surface area (Å²) in [5.74, 6) is 0.338. The molecule has 4 heteroatoms. The van der Waals surface area contributed by atoms with E-state index in [9.17, 15) is 4.39 Å². The molecule has 0 spiro atoms. The number of rotatable bonds is 2. The SMILES string of the molecule is COc1cc(-c2cc(F)c3c(c2N)CCC3)ccn1. The minimum atomic E-state index is -0.160. The molecule has 1 aliphatic carbocycles. The highest BCUT2D eigenvalue weighted by atomic mass is 19.1. The third-order valence-electron chi connectivity index (χ3n) is 3.65. The van der Waals surface area contributed by atoms with Gasteiger partial charge in [0.2, 0.25) is 5.88 Å². The highest BCUT2D eigenvalue weighted by molar-refractivity contribution is 5.80. The lowest BCUT2D eigenvalue weighted by Gasteiger charge is -2.12. The molecule has 1 aromatic carbocycles. The van der Waals surface area contributed by atoms with Crippen molar-refractivity contribution in [2.24, 2.45) is 0 Å². The molecule has 98 valence electrons. The lowest BCUT2D eigenvalue weighted by Crippen LogP contribution is -2.00. The standard InChI is InChI=1S/C15H15FN2O/c1-19-14-7-9(5-6-18-14)12-8-13(16)10-3-2-4-11(10)15(12)17/h5-8H,2-4,17H2,1H3. The van der Waals surface area contributed by atoms with E-state index in [1.807, 2.05) is 6.07 Å². The van der Waals surface area contributed by atoms with Crippen LogP contribution in [0.1, 0.15) is 17.5 Å². The zero-order valence-corrected chi connectivity index (χ0v) is 10.7. The van der Waals surface area contributed by atoms with E-state index in [1.54, 1.807) is 19.4 Å². The van der Waals surface area contributed by atoms with E-state index in [0.29, 0.717) is 11.6 Å². The number of anilines is 1. The van der Waals surface area contributed by atoms with Crippen LogP contribution in [0.25, 0.3) is 11.1 Å². The monoisotopic (exact) mass is 258 g/mol. The van der Waals surface area contributed by atoms with Crippen LogP contribution < -0.4 is 10.5 Å². The van der Waals surface area contributed by atoms with Crippen LogP contribution in [0.15, 0.2) is 24.4 Å². The van der Waals surface area contributed by atoms with E-state index in [1.165, 1.54) is 6.07 Å². The number of hydrogen-bond donors (Lipinski definition) is 1. The van der Waals surface area contributed by atoms with Gasteiger partial charge >= 0.3 is 0 Å². The maximum atomic E-state index is 14.1. The summed E-state index contributed by atoms with van der Waals surface area (Å²) in [6, 6.07) is 5.11. The van der Waals surface area contributed by atoms with Crippen LogP contribution >= 0.6 is 0 Å². The number of aromatic nitrogens is 1. The van der Waals surface area contributed by atoms with Crippen molar-refractivity contribution in [3.63, 3.8) is 0 Å². The predicted molar refractivity (Wildman–Crippen MR) is 72.6 cm³/mol. The summed E-state index contributed by atoms with van der Waals surface area (Å²) in [7, 11) is 1.55. The van der Waals surface area contributed by atoms with Gasteiger partial charge in [-0.1, -0.05) is 0 Å². The quantitative estimate of drug-likeness (QED) is 0.842. The van der Waals surface area contributed by atoms with Crippen LogP contribution in [0.2, 0.25) is 0 Å². The van der Waals surface area contributed by atoms with Crippen LogP contribution in [-0.2, 0) is 12.8 Å². The van der Waals surface area contributed by atoms with E-state index >= 15 is 0 Å². The molecule has 2 aromatic rings. The number of fused-ring (bicyclic) bond motifs is 1. The highest BCUT2D eigenvalue weighted by Crippen LogP contribution is 2.37. The topological polar surface area (TPSA) is 48.1 Å². The van der Waals surface area contributed by atoms with Crippen molar-refractivity contribution in [1.29, 1.82) is 0 Å². The molecular weight excluding hydrogens is 243 g/mol. The average molecular weight is 258 g/mol. The van der Waals surface area contributed by atoms with E-state index in [0.717, 1.165) is 41.5 Å². The Morgan fingerprint density at radius 2 is 2.05 bits per heavy atom. The van der Waals surface area contributed by atoms with Crippen LogP contribution in [-0.4, -0.2) is 12.1 Å². The Hall–Kier alpha value is -2.10. The van der Waals surface area contributed by atoms with Crippen molar-refractivity contribution >= 4 is 5.69 Å². The van der Waals surface area contributed by atoms with Crippen LogP contribution in [0, 0.1) is 5.82 Å². The molecule has 0 amide bonds. The first-order chi connectivity index (χ1) is 9.20. The van der Waals surface area contributed by atoms with Gasteiger partial charge in [0, 0.05) is 23.5 Å². The highest BCUT2D eigenvalue weighted by Gasteiger charge is 2.21. The molecule has 1 aromatic heterocycles. The lowest BCUT2D eigenvalue weighted by molar-refractivity contribution is 0.398. The molecule has 0 saturated carbocycles. The molecule has 0 bridgehead atoms. The third kappa shape index (κ3) is 1.93. The van der Waals surface area contributed by atoms with E-state index in [2.05, 4.69) is 4.98 Å². The van der Waals surface area contributed by atoms with Gasteiger partial charge in [-0.25, -0.2) is 9.37 Å². The molecule has 1 aliphatic rings. The van der Waals surface area contributed by atoms with Gasteiger partial charge in [0.15, 0.2) is 0 Å². The molecule has 2 N–H and O–H groups in total. The van der Waals surface area contributed by atoms with Gasteiger partial charge in [-0.3, -0.25) is 0 Å². The summed E-state index contributed by atoms with van der Waals surface area (Å²) in [5.41, 5.74) is 10.2. The molecule has 0 radical (unpaired) electrons. The van der Waals surface area contributed by atoms with Crippen molar-refractivity contribution < 1.29 is 9.13 Å². The molecule has 3 rings (SSSR count). The van der Waals surface area contributed by atoms with Gasteiger partial charge in [-0.05, 0) is 48.1 Å². The fourth-order valence-electron chi connectivity index (χ4n) is 2.69. The van der Waals surface area contributed by atoms with Crippen molar-refractivity contribution in [2.45, 2.75) is 19.3 Å². The van der Waals surface area contributed by atoms with Gasteiger partial charge in [-0.2, -0.15) is 0 Å². The van der Waals surface area contributed by atoms with Crippen LogP contribution in [0.5, 0.6) is 5.88 Å². The van der Waals surface area contributed by atoms with Crippen molar-refractivity contribution in [1.82, 2.24) is 4.98 Å². The second kappa shape index (κ2) is 4.53. The second-order valence-electron chi connectivity index (χ2n) is 4.72. The number of methoxy groups -OCH3 is 1. The Balaban J connectivity index is 2.17. The summed E-state index contributed by atoms with van der Waals surface area (Å²) in [5, 5.41) is 0. The molecule has 0 unspecified atom stereocenters. The molecule has 0 atom stereocenters. The Morgan fingerprint density at radius 1 is 1.26 bits per heavy atom. The second-order valence-corrected chi connectivity index (χ2v) is 4.72. The van der Waals surface area contributed by atoms with E-state index in [-0.39, 0.29) is 5.82 Å². The summed E-state index contributed by atoms with van der Waals surface area (Å²) < 4.78 is 19.2. The first-order valence-electron chi connectivity index (χ1n) is 6.31. The molecule has 1 heterocycles. The zero-order valence-electron chi connectivity index (χ0n) is 10.7. The summed E-state index contributed by atoms with van der Waals surface area (Å²) >= 11 is 0. The Kier molecular flexibility index (Phi) is 2.85. The van der Waals surface area contributed by atoms with Gasteiger partial charge in [0.05, 0.1) is 7.11 Å². The Bertz CT molecular complexity index is 640. The van der Waals surface area contributed by atoms with Crippen molar-refractivity contribution in [2.75, 3.05) is 12.8 Å². The van der Waals surface area contributed by atoms with E-state index in [4.69, 9.17) is 10.5 Å². The van der Waals surface area contributed by atoms with Crippen LogP contribution in [0.4, 0.5) is 10.1 Å². The lowest BCUT2D eigenvalue weighted by atomic mass is 9.98. The number of pyridine rings is 1. The number of halogens is 1. The summed E-state index contributed by atoms with van der Waals surface area (Å²) in [4.78, 5) is 4.05. The summed E-state index contributed by atoms with van der Waals surface area (Å²) in [6.07, 6.45) is 4.25. The van der Waals surface area contributed by atoms with Gasteiger partial charge in [0.25, 0.3) is 0 Å². The maximum absolute atomic E-state index is 14.1. The predicted octanol–water partition coefficient (Wildman–Crippen LogP) is 2.97. The first-order valence-corrected chi connectivity index (χ1v) is 6.31. The Morgan fingerprint density at radius 3 is 2.84 bits per heavy atom. The number of nitrogens with two attached hydrogens (primary N) is 1. The van der Waals surface area contributed by atoms with E-state index < -0.39 is 0 Å². The molecule has 0 saturated heterocycles. The minimum Gasteiger partial charge on any atom is -0.481 e. The zero-order chi connectivity index (χ0) is 13.4. The largest absolute Gasteiger partial charge is 0.481 e. The molecule has 19 heavy (non-hydrogen) atoms. The molecule has 3 nitrogen and oxygen atoms in total. The van der Waals surface area contributed by atoms with Crippen molar-refractivity contribution in [3.05, 3.63) is 41.3 Å². The fraction of sp³-hybridized carbons (Fsp3) is 0.267. The minimum absolute atomic E-state index is 0.160. The Labute approximate surface area is 111 Å². The van der Waals surface area contributed by atoms with Crippen molar-refractivity contribution in [3.8, 4) is 17.0 Å². The first kappa shape index (κ1) is 12.0. The van der Waals surface area contributed by atoms with Gasteiger partial charge < -0.3 is 10.5 Å². The third-order valence-corrected chi connectivity index (χ3v) is 3.65.